The average molecular weight is 351 g/mol. The highest BCUT2D eigenvalue weighted by Gasteiger charge is 2.31. The lowest BCUT2D eigenvalue weighted by Gasteiger charge is -2.24. The first kappa shape index (κ1) is 15.9. The Morgan fingerprint density at radius 1 is 1.45 bits per heavy atom. The summed E-state index contributed by atoms with van der Waals surface area (Å²) in [4.78, 5) is 5.01. The minimum atomic E-state index is -3.57. The minimum Gasteiger partial charge on any atom is -0.229 e. The zero-order valence-electron chi connectivity index (χ0n) is 11.3. The molecule has 0 fully saturated rings. The number of aromatic nitrogens is 1. The Morgan fingerprint density at radius 2 is 2.15 bits per heavy atom. The molecule has 0 spiro atoms. The van der Waals surface area contributed by atoms with Gasteiger partial charge in [-0.3, -0.25) is 0 Å². The highest BCUT2D eigenvalue weighted by molar-refractivity contribution is 7.91. The smallest absolute Gasteiger partial charge is 0.229 e. The van der Waals surface area contributed by atoms with Crippen LogP contribution in [-0.4, -0.2) is 23.7 Å². The number of thiazole rings is 1. The summed E-state index contributed by atoms with van der Waals surface area (Å²) < 4.78 is 27.5. The van der Waals surface area contributed by atoms with Gasteiger partial charge in [-0.05, 0) is 32.2 Å². The number of hydrogen-bond acceptors (Lipinski definition) is 5. The summed E-state index contributed by atoms with van der Waals surface area (Å²) >= 11 is 8.38. The third-order valence-corrected chi connectivity index (χ3v) is 7.47. The van der Waals surface area contributed by atoms with Crippen LogP contribution in [0.2, 0.25) is 4.47 Å². The van der Waals surface area contributed by atoms with Crippen molar-refractivity contribution in [3.8, 4) is 0 Å². The summed E-state index contributed by atoms with van der Waals surface area (Å²) in [5, 5.41) is 1.94. The Kier molecular flexibility index (Phi) is 4.86. The SMILES string of the molecule is Cc1nc(Cl)sc1S(=O)(=O)N(Cc1cccs1)C(C)C. The van der Waals surface area contributed by atoms with Crippen molar-refractivity contribution < 1.29 is 8.42 Å². The molecule has 0 bridgehead atoms. The number of rotatable bonds is 5. The molecule has 0 aromatic carbocycles. The molecule has 110 valence electrons. The van der Waals surface area contributed by atoms with E-state index in [1.54, 1.807) is 18.3 Å². The van der Waals surface area contributed by atoms with Gasteiger partial charge >= 0.3 is 0 Å². The molecule has 2 rings (SSSR count). The summed E-state index contributed by atoms with van der Waals surface area (Å²) in [7, 11) is -3.57. The van der Waals surface area contributed by atoms with Crippen LogP contribution in [0.1, 0.15) is 24.4 Å². The van der Waals surface area contributed by atoms with Crippen molar-refractivity contribution in [2.45, 2.75) is 37.6 Å². The zero-order valence-corrected chi connectivity index (χ0v) is 14.5. The van der Waals surface area contributed by atoms with Gasteiger partial charge in [0.05, 0.1) is 5.69 Å². The van der Waals surface area contributed by atoms with Gasteiger partial charge < -0.3 is 0 Å². The van der Waals surface area contributed by atoms with Gasteiger partial charge in [0.2, 0.25) is 0 Å². The highest BCUT2D eigenvalue weighted by atomic mass is 35.5. The monoisotopic (exact) mass is 350 g/mol. The van der Waals surface area contributed by atoms with Crippen LogP contribution in [0.25, 0.3) is 0 Å². The lowest BCUT2D eigenvalue weighted by atomic mass is 10.4. The standard InChI is InChI=1S/C12H15ClN2O2S3/c1-8(2)15(7-10-5-4-6-18-10)20(16,17)11-9(3)14-12(13)19-11/h4-6,8H,7H2,1-3H3. The quantitative estimate of drug-likeness (QED) is 0.824. The second-order valence-electron chi connectivity index (χ2n) is 4.56. The average Bonchev–Trinajstić information content (AvgIpc) is 2.95. The van der Waals surface area contributed by atoms with Crippen LogP contribution in [0, 0.1) is 6.92 Å². The maximum atomic E-state index is 12.8. The number of halogens is 1. The first-order valence-electron chi connectivity index (χ1n) is 5.99. The Morgan fingerprint density at radius 3 is 2.60 bits per heavy atom. The summed E-state index contributed by atoms with van der Waals surface area (Å²) in [6.07, 6.45) is 0. The Labute approximate surface area is 132 Å². The Bertz CT molecular complexity index is 678. The number of nitrogens with zero attached hydrogens (tertiary/aromatic N) is 2. The summed E-state index contributed by atoms with van der Waals surface area (Å²) in [5.41, 5.74) is 0.455. The van der Waals surface area contributed by atoms with Gasteiger partial charge in [-0.2, -0.15) is 4.31 Å². The van der Waals surface area contributed by atoms with E-state index in [1.807, 2.05) is 31.4 Å². The second kappa shape index (κ2) is 6.11. The maximum absolute atomic E-state index is 12.8. The summed E-state index contributed by atoms with van der Waals surface area (Å²) in [6.45, 7) is 5.76. The van der Waals surface area contributed by atoms with E-state index in [-0.39, 0.29) is 14.7 Å². The fourth-order valence-electron chi connectivity index (χ4n) is 1.80. The normalized spacial score (nSPS) is 12.5. The van der Waals surface area contributed by atoms with Crippen LogP contribution >= 0.6 is 34.3 Å². The fraction of sp³-hybridized carbons (Fsp3) is 0.417. The Hall–Kier alpha value is -0.470. The van der Waals surface area contributed by atoms with Gasteiger partial charge in [0.1, 0.15) is 0 Å². The number of hydrogen-bond donors (Lipinski definition) is 0. The van der Waals surface area contributed by atoms with Crippen LogP contribution < -0.4 is 0 Å². The van der Waals surface area contributed by atoms with E-state index >= 15 is 0 Å². The van der Waals surface area contributed by atoms with Gasteiger partial charge in [-0.15, -0.1) is 11.3 Å². The lowest BCUT2D eigenvalue weighted by molar-refractivity contribution is 0.351. The van der Waals surface area contributed by atoms with Gasteiger partial charge in [-0.1, -0.05) is 29.0 Å². The van der Waals surface area contributed by atoms with Crippen LogP contribution in [-0.2, 0) is 16.6 Å². The molecular weight excluding hydrogens is 336 g/mol. The fourth-order valence-corrected chi connectivity index (χ4v) is 6.05. The molecule has 0 aliphatic carbocycles. The highest BCUT2D eigenvalue weighted by Crippen LogP contribution is 2.31. The largest absolute Gasteiger partial charge is 0.255 e. The van der Waals surface area contributed by atoms with Crippen molar-refractivity contribution in [1.82, 2.24) is 9.29 Å². The van der Waals surface area contributed by atoms with E-state index in [1.165, 1.54) is 4.31 Å². The zero-order chi connectivity index (χ0) is 14.9. The first-order chi connectivity index (χ1) is 9.32. The van der Waals surface area contributed by atoms with Crippen molar-refractivity contribution in [3.05, 3.63) is 32.6 Å². The molecular formula is C12H15ClN2O2S3. The molecule has 0 atom stereocenters. The summed E-state index contributed by atoms with van der Waals surface area (Å²) in [5.74, 6) is 0. The summed E-state index contributed by atoms with van der Waals surface area (Å²) in [6, 6.07) is 3.71. The number of aryl methyl sites for hydroxylation is 1. The third kappa shape index (κ3) is 3.23. The van der Waals surface area contributed by atoms with Gasteiger partial charge in [0.25, 0.3) is 10.0 Å². The van der Waals surface area contributed by atoms with Crippen molar-refractivity contribution in [2.24, 2.45) is 0 Å². The van der Waals surface area contributed by atoms with Crippen LogP contribution in [0.15, 0.2) is 21.7 Å². The van der Waals surface area contributed by atoms with Crippen molar-refractivity contribution in [1.29, 1.82) is 0 Å². The van der Waals surface area contributed by atoms with Gasteiger partial charge in [0.15, 0.2) is 8.68 Å². The van der Waals surface area contributed by atoms with Crippen LogP contribution in [0.3, 0.4) is 0 Å². The van der Waals surface area contributed by atoms with E-state index < -0.39 is 10.0 Å². The third-order valence-electron chi connectivity index (χ3n) is 2.74. The molecule has 0 N–H and O–H groups in total. The number of thiophene rings is 1. The molecule has 4 nitrogen and oxygen atoms in total. The predicted octanol–water partition coefficient (Wildman–Crippen LogP) is 3.77. The molecule has 0 radical (unpaired) electrons. The lowest BCUT2D eigenvalue weighted by Crippen LogP contribution is -2.36. The maximum Gasteiger partial charge on any atom is 0.255 e. The van der Waals surface area contributed by atoms with E-state index in [4.69, 9.17) is 11.6 Å². The van der Waals surface area contributed by atoms with E-state index in [2.05, 4.69) is 4.98 Å². The molecule has 2 aromatic heterocycles. The number of sulfonamides is 1. The van der Waals surface area contributed by atoms with Crippen LogP contribution in [0.4, 0.5) is 0 Å². The Balaban J connectivity index is 2.40. The predicted molar refractivity (Wildman–Crippen MR) is 84.0 cm³/mol. The van der Waals surface area contributed by atoms with Gasteiger partial charge in [-0.25, -0.2) is 13.4 Å². The van der Waals surface area contributed by atoms with Crippen molar-refractivity contribution in [3.63, 3.8) is 0 Å². The molecule has 0 saturated carbocycles. The second-order valence-corrected chi connectivity index (χ2v) is 9.26. The molecule has 0 amide bonds. The molecule has 0 saturated heterocycles. The van der Waals surface area contributed by atoms with Crippen molar-refractivity contribution >= 4 is 44.3 Å². The molecule has 2 aromatic rings. The van der Waals surface area contributed by atoms with E-state index in [0.29, 0.717) is 12.2 Å². The molecule has 0 unspecified atom stereocenters. The van der Waals surface area contributed by atoms with E-state index in [0.717, 1.165) is 16.2 Å². The minimum absolute atomic E-state index is 0.137. The topological polar surface area (TPSA) is 50.3 Å². The first-order valence-corrected chi connectivity index (χ1v) is 9.51. The van der Waals surface area contributed by atoms with Crippen LogP contribution in [0.5, 0.6) is 0 Å². The van der Waals surface area contributed by atoms with Gasteiger partial charge in [0, 0.05) is 17.5 Å². The molecule has 8 heteroatoms. The van der Waals surface area contributed by atoms with E-state index in [9.17, 15) is 8.42 Å². The molecule has 2 heterocycles. The van der Waals surface area contributed by atoms with Crippen molar-refractivity contribution in [2.75, 3.05) is 0 Å². The molecule has 0 aliphatic heterocycles. The molecule has 0 aliphatic rings. The molecule has 20 heavy (non-hydrogen) atoms.